The van der Waals surface area contributed by atoms with E-state index in [0.29, 0.717) is 5.89 Å². The first kappa shape index (κ1) is 12.9. The van der Waals surface area contributed by atoms with E-state index in [1.807, 2.05) is 0 Å². The molecule has 0 aromatic carbocycles. The predicted octanol–water partition coefficient (Wildman–Crippen LogP) is 1.19. The molecular weight excluding hydrogens is 284 g/mol. The molecule has 1 saturated heterocycles. The average Bonchev–Trinajstić information content (AvgIpc) is 3.10. The maximum atomic E-state index is 11.9. The van der Waals surface area contributed by atoms with Crippen molar-refractivity contribution < 1.29 is 9.32 Å². The molecule has 0 bridgehead atoms. The van der Waals surface area contributed by atoms with Crippen molar-refractivity contribution in [1.29, 1.82) is 0 Å². The molecule has 2 aromatic heterocycles. The summed E-state index contributed by atoms with van der Waals surface area (Å²) in [6.45, 7) is 0.908. The Bertz CT molecular complexity index is 625. The number of rotatable bonds is 3. The van der Waals surface area contributed by atoms with E-state index < -0.39 is 5.91 Å². The van der Waals surface area contributed by atoms with E-state index in [0.717, 1.165) is 19.4 Å². The molecule has 2 N–H and O–H groups in total. The van der Waals surface area contributed by atoms with Gasteiger partial charge >= 0.3 is 0 Å². The van der Waals surface area contributed by atoms with Crippen LogP contribution >= 0.6 is 11.6 Å². The summed E-state index contributed by atoms with van der Waals surface area (Å²) in [5, 5.41) is 9.55. The minimum Gasteiger partial charge on any atom is -0.337 e. The summed E-state index contributed by atoms with van der Waals surface area (Å²) in [5.41, 5.74) is 0. The van der Waals surface area contributed by atoms with Gasteiger partial charge in [0, 0.05) is 6.20 Å². The summed E-state index contributed by atoms with van der Waals surface area (Å²) >= 11 is 5.70. The molecule has 1 aliphatic heterocycles. The molecule has 20 heavy (non-hydrogen) atoms. The van der Waals surface area contributed by atoms with Crippen LogP contribution in [0.4, 0.5) is 5.95 Å². The summed E-state index contributed by atoms with van der Waals surface area (Å²) < 4.78 is 5.08. The first-order valence-electron chi connectivity index (χ1n) is 6.09. The number of nitrogens with one attached hydrogen (secondary N) is 2. The molecule has 0 spiro atoms. The quantitative estimate of drug-likeness (QED) is 0.819. The standard InChI is InChI=1S/C11H11ClN6O2/c12-7-3-5-14-11(15-7)17-9(19)8-16-10(20-18-8)6-2-1-4-13-6/h3,5-6,13H,1-2,4H2,(H,14,15,17,19). The van der Waals surface area contributed by atoms with Crippen LogP contribution < -0.4 is 10.6 Å². The molecule has 0 aliphatic carbocycles. The number of carbonyl (C=O) groups excluding carboxylic acids is 1. The van der Waals surface area contributed by atoms with Crippen molar-refractivity contribution in [2.24, 2.45) is 0 Å². The van der Waals surface area contributed by atoms with Crippen LogP contribution in [-0.2, 0) is 0 Å². The van der Waals surface area contributed by atoms with Crippen LogP contribution in [0, 0.1) is 0 Å². The lowest BCUT2D eigenvalue weighted by molar-refractivity contribution is 0.101. The fourth-order valence-corrected chi connectivity index (χ4v) is 2.06. The lowest BCUT2D eigenvalue weighted by atomic mass is 10.2. The van der Waals surface area contributed by atoms with Gasteiger partial charge in [-0.2, -0.15) is 4.98 Å². The van der Waals surface area contributed by atoms with E-state index in [1.165, 1.54) is 12.3 Å². The number of halogens is 1. The Kier molecular flexibility index (Phi) is 3.57. The second-order valence-electron chi connectivity index (χ2n) is 4.26. The highest BCUT2D eigenvalue weighted by molar-refractivity contribution is 6.29. The van der Waals surface area contributed by atoms with Gasteiger partial charge in [0.05, 0.1) is 6.04 Å². The summed E-state index contributed by atoms with van der Waals surface area (Å²) in [6.07, 6.45) is 3.40. The van der Waals surface area contributed by atoms with Gasteiger partial charge in [0.1, 0.15) is 5.15 Å². The monoisotopic (exact) mass is 294 g/mol. The Morgan fingerprint density at radius 3 is 3.15 bits per heavy atom. The van der Waals surface area contributed by atoms with Crippen LogP contribution in [0.1, 0.15) is 35.4 Å². The number of aromatic nitrogens is 4. The molecule has 2 aromatic rings. The highest BCUT2D eigenvalue weighted by Gasteiger charge is 2.24. The summed E-state index contributed by atoms with van der Waals surface area (Å²) in [6, 6.07) is 1.53. The third-order valence-electron chi connectivity index (χ3n) is 2.85. The summed E-state index contributed by atoms with van der Waals surface area (Å²) in [5.74, 6) is -0.0926. The van der Waals surface area contributed by atoms with Crippen LogP contribution in [0.25, 0.3) is 0 Å². The minimum atomic E-state index is -0.541. The molecule has 8 nitrogen and oxygen atoms in total. The normalized spacial score (nSPS) is 18.1. The Balaban J connectivity index is 1.71. The van der Waals surface area contributed by atoms with Gasteiger partial charge < -0.3 is 9.84 Å². The smallest absolute Gasteiger partial charge is 0.299 e. The van der Waals surface area contributed by atoms with Crippen LogP contribution in [0.3, 0.4) is 0 Å². The van der Waals surface area contributed by atoms with Crippen molar-refractivity contribution in [3.63, 3.8) is 0 Å². The zero-order valence-electron chi connectivity index (χ0n) is 10.3. The molecule has 1 unspecified atom stereocenters. The molecule has 104 valence electrons. The topological polar surface area (TPSA) is 106 Å². The third kappa shape index (κ3) is 2.75. The lowest BCUT2D eigenvalue weighted by Crippen LogP contribution is -2.17. The maximum Gasteiger partial charge on any atom is 0.299 e. The Labute approximate surface area is 118 Å². The summed E-state index contributed by atoms with van der Waals surface area (Å²) in [4.78, 5) is 23.7. The number of amides is 1. The van der Waals surface area contributed by atoms with Crippen molar-refractivity contribution in [3.05, 3.63) is 29.1 Å². The second-order valence-corrected chi connectivity index (χ2v) is 4.65. The van der Waals surface area contributed by atoms with Gasteiger partial charge in [0.25, 0.3) is 11.7 Å². The second kappa shape index (κ2) is 5.51. The largest absolute Gasteiger partial charge is 0.337 e. The van der Waals surface area contributed by atoms with Gasteiger partial charge in [-0.3, -0.25) is 10.1 Å². The van der Waals surface area contributed by atoms with Crippen molar-refractivity contribution in [2.75, 3.05) is 11.9 Å². The molecule has 1 fully saturated rings. The van der Waals surface area contributed by atoms with Crippen molar-refractivity contribution >= 4 is 23.5 Å². The van der Waals surface area contributed by atoms with Crippen molar-refractivity contribution in [3.8, 4) is 0 Å². The van der Waals surface area contributed by atoms with E-state index in [-0.39, 0.29) is 23.0 Å². The Morgan fingerprint density at radius 1 is 1.50 bits per heavy atom. The molecule has 3 rings (SSSR count). The molecule has 3 heterocycles. The average molecular weight is 295 g/mol. The first-order chi connectivity index (χ1) is 9.72. The van der Waals surface area contributed by atoms with Crippen LogP contribution in [0.5, 0.6) is 0 Å². The van der Waals surface area contributed by atoms with Crippen LogP contribution in [0.15, 0.2) is 16.8 Å². The molecule has 9 heteroatoms. The highest BCUT2D eigenvalue weighted by Crippen LogP contribution is 2.21. The van der Waals surface area contributed by atoms with E-state index in [9.17, 15) is 4.79 Å². The highest BCUT2D eigenvalue weighted by atomic mass is 35.5. The van der Waals surface area contributed by atoms with Gasteiger partial charge in [-0.25, -0.2) is 9.97 Å². The number of nitrogens with zero attached hydrogens (tertiary/aromatic N) is 4. The summed E-state index contributed by atoms with van der Waals surface area (Å²) in [7, 11) is 0. The molecular formula is C11H11ClN6O2. The van der Waals surface area contributed by atoms with Gasteiger partial charge in [0.2, 0.25) is 11.8 Å². The van der Waals surface area contributed by atoms with Gasteiger partial charge in [-0.1, -0.05) is 16.8 Å². The van der Waals surface area contributed by atoms with Gasteiger partial charge in [0.15, 0.2) is 0 Å². The zero-order valence-corrected chi connectivity index (χ0v) is 11.1. The molecule has 1 aliphatic rings. The van der Waals surface area contributed by atoms with Crippen LogP contribution in [0.2, 0.25) is 5.15 Å². The van der Waals surface area contributed by atoms with E-state index in [1.54, 1.807) is 0 Å². The molecule has 0 radical (unpaired) electrons. The number of carbonyl (C=O) groups is 1. The van der Waals surface area contributed by atoms with Crippen LogP contribution in [-0.4, -0.2) is 32.6 Å². The minimum absolute atomic E-state index is 0.0199. The molecule has 0 saturated carbocycles. The van der Waals surface area contributed by atoms with Crippen molar-refractivity contribution in [1.82, 2.24) is 25.4 Å². The maximum absolute atomic E-state index is 11.9. The van der Waals surface area contributed by atoms with Crippen molar-refractivity contribution in [2.45, 2.75) is 18.9 Å². The first-order valence-corrected chi connectivity index (χ1v) is 6.47. The lowest BCUT2D eigenvalue weighted by Gasteiger charge is -2.01. The van der Waals surface area contributed by atoms with Gasteiger partial charge in [-0.15, -0.1) is 0 Å². The molecule has 1 amide bonds. The number of anilines is 1. The zero-order chi connectivity index (χ0) is 13.9. The third-order valence-corrected chi connectivity index (χ3v) is 3.06. The van der Waals surface area contributed by atoms with Gasteiger partial charge in [-0.05, 0) is 25.5 Å². The number of hydrogen-bond acceptors (Lipinski definition) is 7. The SMILES string of the molecule is O=C(Nc1nccc(Cl)n1)c1noc(C2CCCN2)n1. The number of hydrogen-bond donors (Lipinski definition) is 2. The fourth-order valence-electron chi connectivity index (χ4n) is 1.92. The molecule has 1 atom stereocenters. The predicted molar refractivity (Wildman–Crippen MR) is 69.3 cm³/mol. The van der Waals surface area contributed by atoms with E-state index in [2.05, 4.69) is 30.7 Å². The fraction of sp³-hybridized carbons (Fsp3) is 0.364. The Hall–Kier alpha value is -2.06. The van der Waals surface area contributed by atoms with E-state index in [4.69, 9.17) is 16.1 Å². The van der Waals surface area contributed by atoms with E-state index >= 15 is 0 Å². The Morgan fingerprint density at radius 2 is 2.40 bits per heavy atom.